The van der Waals surface area contributed by atoms with Crippen LogP contribution >= 0.6 is 0 Å². The van der Waals surface area contributed by atoms with Crippen LogP contribution in [-0.4, -0.2) is 28.9 Å². The normalized spacial score (nSPS) is 15.7. The highest BCUT2D eigenvalue weighted by atomic mass is 16.5. The zero-order chi connectivity index (χ0) is 17.8. The Balaban J connectivity index is 1.92. The predicted octanol–water partition coefficient (Wildman–Crippen LogP) is 3.65. The number of rotatable bonds is 2. The zero-order valence-electron chi connectivity index (χ0n) is 14.6. The van der Waals surface area contributed by atoms with E-state index in [0.29, 0.717) is 23.7 Å². The molecule has 0 bridgehead atoms. The predicted molar refractivity (Wildman–Crippen MR) is 99.9 cm³/mol. The number of hydrogen-bond acceptors (Lipinski definition) is 4. The van der Waals surface area contributed by atoms with E-state index in [-0.39, 0.29) is 0 Å². The second kappa shape index (κ2) is 5.47. The van der Waals surface area contributed by atoms with Gasteiger partial charge in [-0.3, -0.25) is 4.98 Å². The molecule has 130 valence electrons. The van der Waals surface area contributed by atoms with Crippen molar-refractivity contribution < 1.29 is 14.6 Å². The van der Waals surface area contributed by atoms with Gasteiger partial charge in [-0.05, 0) is 23.8 Å². The number of hydrogen-bond donors (Lipinski definition) is 1. The number of aliphatic hydroxyl groups is 1. The Hall–Kier alpha value is -3.05. The third-order valence-corrected chi connectivity index (χ3v) is 5.23. The van der Waals surface area contributed by atoms with Gasteiger partial charge in [0.1, 0.15) is 17.6 Å². The minimum Gasteiger partial charge on any atom is -0.497 e. The summed E-state index contributed by atoms with van der Waals surface area (Å²) in [4.78, 5) is 4.53. The maximum atomic E-state index is 11.2. The van der Waals surface area contributed by atoms with E-state index in [1.807, 2.05) is 24.3 Å². The molecule has 2 aromatic carbocycles. The number of para-hydroxylation sites is 1. The number of aromatic nitrogens is 2. The molecule has 3 heterocycles. The first-order valence-corrected chi connectivity index (χ1v) is 8.51. The van der Waals surface area contributed by atoms with Crippen LogP contribution in [-0.2, 0) is 6.54 Å². The minimum absolute atomic E-state index is 0.612. The van der Waals surface area contributed by atoms with E-state index in [9.17, 15) is 5.11 Å². The van der Waals surface area contributed by atoms with Crippen LogP contribution in [0.15, 0.2) is 48.7 Å². The average Bonchev–Trinajstić information content (AvgIpc) is 2.93. The molecule has 0 saturated carbocycles. The van der Waals surface area contributed by atoms with Crippen molar-refractivity contribution in [1.82, 2.24) is 9.55 Å². The lowest BCUT2D eigenvalue weighted by Crippen LogP contribution is -2.07. The fourth-order valence-electron chi connectivity index (χ4n) is 4.08. The summed E-state index contributed by atoms with van der Waals surface area (Å²) in [5.74, 6) is 1.32. The van der Waals surface area contributed by atoms with Gasteiger partial charge in [0.05, 0.1) is 25.4 Å². The molecule has 0 fully saturated rings. The number of ether oxygens (including phenoxy) is 2. The van der Waals surface area contributed by atoms with Crippen LogP contribution in [0, 0.1) is 0 Å². The summed E-state index contributed by atoms with van der Waals surface area (Å²) in [6, 6.07) is 14.1. The van der Waals surface area contributed by atoms with Crippen molar-refractivity contribution in [3.8, 4) is 11.5 Å². The Labute approximate surface area is 150 Å². The van der Waals surface area contributed by atoms with Crippen LogP contribution in [0.4, 0.5) is 0 Å². The van der Waals surface area contributed by atoms with Crippen LogP contribution in [0.2, 0.25) is 0 Å². The van der Waals surface area contributed by atoms with Gasteiger partial charge in [0.2, 0.25) is 0 Å². The molecule has 0 amide bonds. The van der Waals surface area contributed by atoms with Crippen molar-refractivity contribution in [3.05, 3.63) is 65.5 Å². The quantitative estimate of drug-likeness (QED) is 0.602. The highest BCUT2D eigenvalue weighted by molar-refractivity contribution is 6.09. The Morgan fingerprint density at radius 1 is 1.08 bits per heavy atom. The Bertz CT molecular complexity index is 1160. The van der Waals surface area contributed by atoms with Crippen LogP contribution < -0.4 is 9.47 Å². The molecule has 0 radical (unpaired) electrons. The molecule has 0 spiro atoms. The molecular formula is C21H18N2O3. The van der Waals surface area contributed by atoms with Gasteiger partial charge in [-0.2, -0.15) is 0 Å². The molecule has 1 aliphatic heterocycles. The molecule has 26 heavy (non-hydrogen) atoms. The van der Waals surface area contributed by atoms with Gasteiger partial charge >= 0.3 is 0 Å². The lowest BCUT2D eigenvalue weighted by Gasteiger charge is -2.18. The van der Waals surface area contributed by atoms with Gasteiger partial charge in [0.15, 0.2) is 0 Å². The van der Waals surface area contributed by atoms with Crippen molar-refractivity contribution in [1.29, 1.82) is 0 Å². The van der Waals surface area contributed by atoms with Gasteiger partial charge in [0.25, 0.3) is 0 Å². The number of benzene rings is 2. The van der Waals surface area contributed by atoms with E-state index < -0.39 is 6.10 Å². The number of nitrogens with zero attached hydrogens (tertiary/aromatic N) is 2. The maximum absolute atomic E-state index is 11.2. The lowest BCUT2D eigenvalue weighted by molar-refractivity contribution is 0.211. The van der Waals surface area contributed by atoms with Crippen molar-refractivity contribution >= 4 is 21.8 Å². The van der Waals surface area contributed by atoms with E-state index in [1.165, 1.54) is 0 Å². The molecule has 1 atom stereocenters. The largest absolute Gasteiger partial charge is 0.497 e. The van der Waals surface area contributed by atoms with E-state index in [4.69, 9.17) is 9.47 Å². The highest BCUT2D eigenvalue weighted by Crippen LogP contribution is 2.43. The van der Waals surface area contributed by atoms with Gasteiger partial charge in [0, 0.05) is 40.7 Å². The van der Waals surface area contributed by atoms with Crippen LogP contribution in [0.25, 0.3) is 21.8 Å². The van der Waals surface area contributed by atoms with Gasteiger partial charge in [-0.25, -0.2) is 0 Å². The standard InChI is InChI=1S/C21H18N2O3/c1-25-13-9-12-11-23-16-6-4-3-5-14(16)15-7-8-22-19(20(15)23)21(24)18(12)17(10-13)26-2/h3-10,21,24H,11H2,1-2H3. The first-order valence-electron chi connectivity index (χ1n) is 8.51. The minimum atomic E-state index is -0.861. The van der Waals surface area contributed by atoms with E-state index in [2.05, 4.69) is 21.7 Å². The van der Waals surface area contributed by atoms with Crippen molar-refractivity contribution in [2.24, 2.45) is 0 Å². The highest BCUT2D eigenvalue weighted by Gasteiger charge is 2.29. The molecule has 0 aliphatic carbocycles. The molecule has 5 nitrogen and oxygen atoms in total. The fourth-order valence-corrected chi connectivity index (χ4v) is 4.08. The molecule has 5 rings (SSSR count). The molecule has 4 aromatic rings. The summed E-state index contributed by atoms with van der Waals surface area (Å²) in [7, 11) is 3.24. The number of fused-ring (bicyclic) bond motifs is 4. The zero-order valence-corrected chi connectivity index (χ0v) is 14.6. The summed E-state index contributed by atoms with van der Waals surface area (Å²) < 4.78 is 13.2. The molecule has 1 unspecified atom stereocenters. The smallest absolute Gasteiger partial charge is 0.129 e. The molecule has 1 aliphatic rings. The van der Waals surface area contributed by atoms with Gasteiger partial charge in [-0.1, -0.05) is 18.2 Å². The monoisotopic (exact) mass is 346 g/mol. The van der Waals surface area contributed by atoms with Gasteiger partial charge in [-0.15, -0.1) is 0 Å². The van der Waals surface area contributed by atoms with Crippen molar-refractivity contribution in [3.63, 3.8) is 0 Å². The van der Waals surface area contributed by atoms with Crippen molar-refractivity contribution in [2.75, 3.05) is 14.2 Å². The third kappa shape index (κ3) is 1.92. The lowest BCUT2D eigenvalue weighted by atomic mass is 9.98. The second-order valence-corrected chi connectivity index (χ2v) is 6.50. The van der Waals surface area contributed by atoms with Crippen LogP contribution in [0.3, 0.4) is 0 Å². The van der Waals surface area contributed by atoms with E-state index in [1.54, 1.807) is 26.5 Å². The first kappa shape index (κ1) is 15.2. The Kier molecular flexibility index (Phi) is 3.21. The van der Waals surface area contributed by atoms with E-state index in [0.717, 1.165) is 32.9 Å². The second-order valence-electron chi connectivity index (χ2n) is 6.50. The SMILES string of the molecule is COc1cc2c(c(OC)c1)C(O)c1nccc3c4ccccc4n(c13)C2. The summed E-state index contributed by atoms with van der Waals surface area (Å²) >= 11 is 0. The maximum Gasteiger partial charge on any atom is 0.129 e. The molecule has 2 aromatic heterocycles. The third-order valence-electron chi connectivity index (χ3n) is 5.23. The van der Waals surface area contributed by atoms with Crippen LogP contribution in [0.1, 0.15) is 22.9 Å². The topological polar surface area (TPSA) is 56.5 Å². The fraction of sp³-hybridized carbons (Fsp3) is 0.190. The number of aliphatic hydroxyl groups excluding tert-OH is 1. The summed E-state index contributed by atoms with van der Waals surface area (Å²) in [6.07, 6.45) is 0.902. The summed E-state index contributed by atoms with van der Waals surface area (Å²) in [5.41, 5.74) is 4.47. The number of methoxy groups -OCH3 is 2. The molecule has 0 saturated heterocycles. The van der Waals surface area contributed by atoms with Crippen LogP contribution in [0.5, 0.6) is 11.5 Å². The van der Waals surface area contributed by atoms with E-state index >= 15 is 0 Å². The van der Waals surface area contributed by atoms with Gasteiger partial charge < -0.3 is 19.1 Å². The number of pyridine rings is 1. The Morgan fingerprint density at radius 3 is 2.73 bits per heavy atom. The van der Waals surface area contributed by atoms with Crippen molar-refractivity contribution in [2.45, 2.75) is 12.6 Å². The Morgan fingerprint density at radius 2 is 1.92 bits per heavy atom. The first-order chi connectivity index (χ1) is 12.7. The average molecular weight is 346 g/mol. The summed E-state index contributed by atoms with van der Waals surface area (Å²) in [6.45, 7) is 0.614. The summed E-state index contributed by atoms with van der Waals surface area (Å²) in [5, 5.41) is 13.5. The molecule has 5 heteroatoms. The molecule has 1 N–H and O–H groups in total. The molecular weight excluding hydrogens is 328 g/mol.